The van der Waals surface area contributed by atoms with Gasteiger partial charge in [-0.2, -0.15) is 5.10 Å². The van der Waals surface area contributed by atoms with Crippen molar-refractivity contribution in [2.45, 2.75) is 25.9 Å². The molecule has 1 aliphatic heterocycles. The molecule has 32 heavy (non-hydrogen) atoms. The molecular weight excluding hydrogens is 412 g/mol. The van der Waals surface area contributed by atoms with Gasteiger partial charge in [-0.15, -0.1) is 0 Å². The SMILES string of the molecule is Cc1cccc(NC(=O)COc2cccc(/C=N\NC(=O)C(=O)NC[C@H]3CCCO3)c2)c1. The quantitative estimate of drug-likeness (QED) is 0.330. The molecule has 1 saturated heterocycles. The fraction of sp³-hybridized carbons (Fsp3) is 0.304. The predicted octanol–water partition coefficient (Wildman–Crippen LogP) is 1.76. The molecule has 1 aliphatic rings. The topological polar surface area (TPSA) is 118 Å². The molecule has 0 radical (unpaired) electrons. The highest BCUT2D eigenvalue weighted by molar-refractivity contribution is 6.35. The highest BCUT2D eigenvalue weighted by Gasteiger charge is 2.18. The fourth-order valence-corrected chi connectivity index (χ4v) is 3.06. The Bertz CT molecular complexity index is 986. The molecule has 0 spiro atoms. The first-order valence-corrected chi connectivity index (χ1v) is 10.3. The van der Waals surface area contributed by atoms with Crippen LogP contribution in [0.4, 0.5) is 5.69 Å². The van der Waals surface area contributed by atoms with Crippen molar-refractivity contribution >= 4 is 29.6 Å². The number of anilines is 1. The summed E-state index contributed by atoms with van der Waals surface area (Å²) >= 11 is 0. The van der Waals surface area contributed by atoms with Crippen LogP contribution in [0.5, 0.6) is 5.75 Å². The molecule has 0 bridgehead atoms. The first-order chi connectivity index (χ1) is 15.5. The summed E-state index contributed by atoms with van der Waals surface area (Å²) in [7, 11) is 0. The third-order valence-electron chi connectivity index (χ3n) is 4.63. The normalized spacial score (nSPS) is 15.3. The van der Waals surface area contributed by atoms with Crippen LogP contribution in [0, 0.1) is 6.92 Å². The molecule has 168 valence electrons. The molecule has 3 amide bonds. The molecule has 0 unspecified atom stereocenters. The van der Waals surface area contributed by atoms with Gasteiger partial charge < -0.3 is 20.1 Å². The molecule has 0 saturated carbocycles. The molecule has 3 N–H and O–H groups in total. The zero-order chi connectivity index (χ0) is 22.8. The average molecular weight is 438 g/mol. The monoisotopic (exact) mass is 438 g/mol. The number of ether oxygens (including phenoxy) is 2. The summed E-state index contributed by atoms with van der Waals surface area (Å²) in [6.07, 6.45) is 3.16. The van der Waals surface area contributed by atoms with E-state index in [0.29, 0.717) is 30.2 Å². The summed E-state index contributed by atoms with van der Waals surface area (Å²) in [5.41, 5.74) is 4.56. The average Bonchev–Trinajstić information content (AvgIpc) is 3.30. The Morgan fingerprint density at radius 1 is 1.16 bits per heavy atom. The zero-order valence-electron chi connectivity index (χ0n) is 17.8. The van der Waals surface area contributed by atoms with Gasteiger partial charge in [0.25, 0.3) is 5.91 Å². The van der Waals surface area contributed by atoms with Crippen LogP contribution >= 0.6 is 0 Å². The van der Waals surface area contributed by atoms with E-state index in [1.54, 1.807) is 30.3 Å². The summed E-state index contributed by atoms with van der Waals surface area (Å²) in [6.45, 7) is 2.76. The number of nitrogens with zero attached hydrogens (tertiary/aromatic N) is 1. The van der Waals surface area contributed by atoms with Crippen LogP contribution in [0.3, 0.4) is 0 Å². The van der Waals surface area contributed by atoms with Crippen LogP contribution in [-0.2, 0) is 19.1 Å². The minimum Gasteiger partial charge on any atom is -0.484 e. The molecule has 2 aromatic rings. The van der Waals surface area contributed by atoms with Crippen molar-refractivity contribution < 1.29 is 23.9 Å². The van der Waals surface area contributed by atoms with Gasteiger partial charge in [-0.05, 0) is 55.2 Å². The number of hydrogen-bond donors (Lipinski definition) is 3. The molecule has 0 aliphatic carbocycles. The third kappa shape index (κ3) is 7.51. The van der Waals surface area contributed by atoms with E-state index in [9.17, 15) is 14.4 Å². The Hall–Kier alpha value is -3.72. The van der Waals surface area contributed by atoms with Crippen LogP contribution in [0.1, 0.15) is 24.0 Å². The van der Waals surface area contributed by atoms with Crippen molar-refractivity contribution in [3.8, 4) is 5.75 Å². The first-order valence-electron chi connectivity index (χ1n) is 10.3. The van der Waals surface area contributed by atoms with Gasteiger partial charge in [0.2, 0.25) is 0 Å². The van der Waals surface area contributed by atoms with Crippen LogP contribution in [0.15, 0.2) is 53.6 Å². The Kier molecular flexibility index (Phi) is 8.33. The number of hydrazone groups is 1. The molecule has 1 heterocycles. The Morgan fingerprint density at radius 3 is 2.78 bits per heavy atom. The second-order valence-electron chi connectivity index (χ2n) is 7.32. The minimum atomic E-state index is -0.862. The van der Waals surface area contributed by atoms with E-state index in [1.165, 1.54) is 6.21 Å². The maximum absolute atomic E-state index is 12.1. The molecule has 9 heteroatoms. The highest BCUT2D eigenvalue weighted by atomic mass is 16.5. The smallest absolute Gasteiger partial charge is 0.329 e. The fourth-order valence-electron chi connectivity index (χ4n) is 3.06. The Labute approximate surface area is 186 Å². The van der Waals surface area contributed by atoms with Crippen molar-refractivity contribution in [2.24, 2.45) is 5.10 Å². The lowest BCUT2D eigenvalue weighted by molar-refractivity contribution is -0.139. The van der Waals surface area contributed by atoms with Crippen LogP contribution in [0.25, 0.3) is 0 Å². The van der Waals surface area contributed by atoms with Gasteiger partial charge in [0, 0.05) is 18.8 Å². The van der Waals surface area contributed by atoms with Crippen molar-refractivity contribution in [3.05, 3.63) is 59.7 Å². The van der Waals surface area contributed by atoms with E-state index in [1.807, 2.05) is 25.1 Å². The molecule has 3 rings (SSSR count). The summed E-state index contributed by atoms with van der Waals surface area (Å²) in [6, 6.07) is 14.3. The van der Waals surface area contributed by atoms with Gasteiger partial charge in [-0.1, -0.05) is 24.3 Å². The number of carbonyl (C=O) groups is 3. The number of nitrogens with one attached hydrogen (secondary N) is 3. The van der Waals surface area contributed by atoms with Crippen LogP contribution in [-0.4, -0.2) is 49.8 Å². The van der Waals surface area contributed by atoms with Crippen molar-refractivity contribution in [2.75, 3.05) is 25.1 Å². The Morgan fingerprint density at radius 2 is 2.00 bits per heavy atom. The lowest BCUT2D eigenvalue weighted by Gasteiger charge is -2.09. The molecule has 1 atom stereocenters. The summed E-state index contributed by atoms with van der Waals surface area (Å²) < 4.78 is 10.9. The largest absolute Gasteiger partial charge is 0.484 e. The maximum atomic E-state index is 12.1. The summed E-state index contributed by atoms with van der Waals surface area (Å²) in [5.74, 6) is -1.45. The number of hydrogen-bond acceptors (Lipinski definition) is 6. The molecule has 1 fully saturated rings. The number of rotatable bonds is 8. The number of amides is 3. The predicted molar refractivity (Wildman–Crippen MR) is 119 cm³/mol. The van der Waals surface area contributed by atoms with E-state index in [2.05, 4.69) is 21.2 Å². The Balaban J connectivity index is 1.42. The number of carbonyl (C=O) groups excluding carboxylic acids is 3. The van der Waals surface area contributed by atoms with Crippen molar-refractivity contribution in [3.63, 3.8) is 0 Å². The van der Waals surface area contributed by atoms with Gasteiger partial charge in [0.1, 0.15) is 5.75 Å². The van der Waals surface area contributed by atoms with Gasteiger partial charge in [0.05, 0.1) is 12.3 Å². The van der Waals surface area contributed by atoms with E-state index >= 15 is 0 Å². The summed E-state index contributed by atoms with van der Waals surface area (Å²) in [4.78, 5) is 35.7. The first kappa shape index (κ1) is 23.0. The highest BCUT2D eigenvalue weighted by Crippen LogP contribution is 2.13. The minimum absolute atomic E-state index is 0.0446. The van der Waals surface area contributed by atoms with Gasteiger partial charge in [-0.25, -0.2) is 5.43 Å². The number of aryl methyl sites for hydroxylation is 1. The van der Waals surface area contributed by atoms with Crippen LogP contribution in [0.2, 0.25) is 0 Å². The van der Waals surface area contributed by atoms with E-state index in [-0.39, 0.29) is 18.6 Å². The van der Waals surface area contributed by atoms with E-state index in [4.69, 9.17) is 9.47 Å². The summed E-state index contributed by atoms with van der Waals surface area (Å²) in [5, 5.41) is 9.08. The molecule has 2 aromatic carbocycles. The molecule has 9 nitrogen and oxygen atoms in total. The van der Waals surface area contributed by atoms with Crippen molar-refractivity contribution in [1.82, 2.24) is 10.7 Å². The lowest BCUT2D eigenvalue weighted by atomic mass is 10.2. The standard InChI is InChI=1S/C23H26N4O5/c1-16-5-2-7-18(11-16)26-21(28)15-32-19-8-3-6-17(12-19)13-25-27-23(30)22(29)24-14-20-9-4-10-31-20/h2-3,5-8,11-13,20H,4,9-10,14-15H2,1H3,(H,24,29)(H,26,28)(H,27,30)/b25-13-/t20-/m1/s1. The van der Waals surface area contributed by atoms with E-state index < -0.39 is 11.8 Å². The second-order valence-corrected chi connectivity index (χ2v) is 7.32. The molecule has 0 aromatic heterocycles. The second kappa shape index (κ2) is 11.6. The zero-order valence-corrected chi connectivity index (χ0v) is 17.8. The van der Waals surface area contributed by atoms with Gasteiger partial charge in [0.15, 0.2) is 6.61 Å². The lowest BCUT2D eigenvalue weighted by Crippen LogP contribution is -2.41. The van der Waals surface area contributed by atoms with Gasteiger partial charge >= 0.3 is 11.8 Å². The van der Waals surface area contributed by atoms with E-state index in [0.717, 1.165) is 18.4 Å². The van der Waals surface area contributed by atoms with Gasteiger partial charge in [-0.3, -0.25) is 14.4 Å². The van der Waals surface area contributed by atoms with Crippen molar-refractivity contribution in [1.29, 1.82) is 0 Å². The maximum Gasteiger partial charge on any atom is 0.329 e. The third-order valence-corrected chi connectivity index (χ3v) is 4.63. The van der Waals surface area contributed by atoms with Crippen LogP contribution < -0.4 is 20.8 Å². The number of benzene rings is 2. The molecular formula is C23H26N4O5.